The molecule has 2 aromatic rings. The third kappa shape index (κ3) is 4.64. The van der Waals surface area contributed by atoms with Crippen molar-refractivity contribution in [3.8, 4) is 23.1 Å². The highest BCUT2D eigenvalue weighted by atomic mass is 35.5. The molecule has 1 aliphatic heterocycles. The van der Waals surface area contributed by atoms with E-state index in [0.717, 1.165) is 17.7 Å². The number of hydrogen-bond donors (Lipinski definition) is 2. The SMILES string of the molecule is N#CCCCCOc1cc(Cl)cc(Cl)c1-c1nc(N)nc2c1CN(C(=O)NC1=CC=C1)C2. The molecule has 2 amide bonds. The summed E-state index contributed by atoms with van der Waals surface area (Å²) >= 11 is 12.8. The van der Waals surface area contributed by atoms with E-state index in [-0.39, 0.29) is 12.0 Å². The van der Waals surface area contributed by atoms with Gasteiger partial charge in [0.2, 0.25) is 5.95 Å². The van der Waals surface area contributed by atoms with Crippen LogP contribution in [-0.2, 0) is 13.1 Å². The number of unbranched alkanes of at least 4 members (excludes halogenated alkanes) is 2. The number of nitrogens with one attached hydrogen (secondary N) is 1. The monoisotopic (exact) mass is 470 g/mol. The Morgan fingerprint density at radius 1 is 1.28 bits per heavy atom. The van der Waals surface area contributed by atoms with E-state index < -0.39 is 0 Å². The zero-order chi connectivity index (χ0) is 22.7. The highest BCUT2D eigenvalue weighted by molar-refractivity contribution is 6.37. The van der Waals surface area contributed by atoms with Crippen LogP contribution in [0.25, 0.3) is 11.3 Å². The summed E-state index contributed by atoms with van der Waals surface area (Å²) in [6, 6.07) is 5.16. The Labute approximate surface area is 195 Å². The Bertz CT molecular complexity index is 1170. The molecular formula is C22H20Cl2N6O2. The molecule has 1 aromatic carbocycles. The number of urea groups is 1. The molecule has 2 aliphatic rings. The number of rotatable bonds is 7. The van der Waals surface area contributed by atoms with E-state index in [4.69, 9.17) is 38.9 Å². The lowest BCUT2D eigenvalue weighted by Crippen LogP contribution is -2.36. The Morgan fingerprint density at radius 2 is 2.09 bits per heavy atom. The summed E-state index contributed by atoms with van der Waals surface area (Å²) in [6.07, 6.45) is 7.39. The molecule has 0 fully saturated rings. The van der Waals surface area contributed by atoms with E-state index in [0.29, 0.717) is 65.3 Å². The minimum absolute atomic E-state index is 0.0802. The smallest absolute Gasteiger partial charge is 0.322 e. The van der Waals surface area contributed by atoms with E-state index >= 15 is 0 Å². The number of amides is 2. The molecule has 3 N–H and O–H groups in total. The number of nitrogens with zero attached hydrogens (tertiary/aromatic N) is 4. The molecule has 0 saturated heterocycles. The third-order valence-corrected chi connectivity index (χ3v) is 5.60. The number of aromatic nitrogens is 2. The summed E-state index contributed by atoms with van der Waals surface area (Å²) in [7, 11) is 0. The van der Waals surface area contributed by atoms with Crippen LogP contribution in [0.1, 0.15) is 30.5 Å². The van der Waals surface area contributed by atoms with Gasteiger partial charge in [-0.15, -0.1) is 0 Å². The lowest BCUT2D eigenvalue weighted by molar-refractivity contribution is 0.201. The fraction of sp³-hybridized carbons (Fsp3) is 0.273. The van der Waals surface area contributed by atoms with Crippen LogP contribution in [0.15, 0.2) is 36.1 Å². The molecule has 0 bridgehead atoms. The van der Waals surface area contributed by atoms with Crippen LogP contribution >= 0.6 is 23.2 Å². The van der Waals surface area contributed by atoms with Gasteiger partial charge < -0.3 is 20.7 Å². The number of nitriles is 1. The van der Waals surface area contributed by atoms with Gasteiger partial charge in [0.1, 0.15) is 5.75 Å². The van der Waals surface area contributed by atoms with Gasteiger partial charge in [-0.1, -0.05) is 29.3 Å². The van der Waals surface area contributed by atoms with E-state index in [1.165, 1.54) is 0 Å². The first kappa shape index (κ1) is 21.9. The molecule has 0 radical (unpaired) electrons. The summed E-state index contributed by atoms with van der Waals surface area (Å²) < 4.78 is 5.96. The zero-order valence-corrected chi connectivity index (χ0v) is 18.6. The van der Waals surface area contributed by atoms with Crippen LogP contribution in [0, 0.1) is 11.3 Å². The summed E-state index contributed by atoms with van der Waals surface area (Å²) in [4.78, 5) is 23.0. The highest BCUT2D eigenvalue weighted by Crippen LogP contribution is 2.42. The maximum Gasteiger partial charge on any atom is 0.322 e. The summed E-state index contributed by atoms with van der Waals surface area (Å²) in [5.41, 5.74) is 9.22. The number of fused-ring (bicyclic) bond motifs is 1. The standard InChI is InChI=1S/C22H20Cl2N6O2/c23-13-9-16(24)19(18(10-13)32-8-3-1-2-7-25)20-15-11-30(12-17(15)28-21(26)29-20)22(31)27-14-5-4-6-14/h4-6,9-10H,1-3,8,11-12H2,(H,27,31)(H2,26,28,29). The number of nitrogens with two attached hydrogens (primary N) is 1. The zero-order valence-electron chi connectivity index (χ0n) is 17.1. The van der Waals surface area contributed by atoms with E-state index in [1.54, 1.807) is 17.0 Å². The van der Waals surface area contributed by atoms with Crippen molar-refractivity contribution in [1.29, 1.82) is 5.26 Å². The second-order valence-corrected chi connectivity index (χ2v) is 8.19. The number of carbonyl (C=O) groups is 1. The van der Waals surface area contributed by atoms with Crippen LogP contribution < -0.4 is 15.8 Å². The molecule has 32 heavy (non-hydrogen) atoms. The van der Waals surface area contributed by atoms with Crippen LogP contribution in [0.2, 0.25) is 10.0 Å². The Kier molecular flexibility index (Phi) is 6.49. The molecule has 2 heterocycles. The van der Waals surface area contributed by atoms with E-state index in [9.17, 15) is 4.79 Å². The van der Waals surface area contributed by atoms with Gasteiger partial charge in [0, 0.05) is 22.7 Å². The average molecular weight is 471 g/mol. The van der Waals surface area contributed by atoms with Crippen LogP contribution in [0.3, 0.4) is 0 Å². The van der Waals surface area contributed by atoms with Crippen molar-refractivity contribution in [1.82, 2.24) is 20.2 Å². The average Bonchev–Trinajstić information content (AvgIpc) is 3.14. The van der Waals surface area contributed by atoms with Gasteiger partial charge in [-0.05, 0) is 37.1 Å². The normalized spacial score (nSPS) is 13.8. The predicted octanol–water partition coefficient (Wildman–Crippen LogP) is 4.58. The maximum atomic E-state index is 12.6. The van der Waals surface area contributed by atoms with Crippen LogP contribution in [0.5, 0.6) is 5.75 Å². The van der Waals surface area contributed by atoms with Crippen molar-refractivity contribution in [3.05, 3.63) is 57.4 Å². The van der Waals surface area contributed by atoms with E-state index in [2.05, 4.69) is 21.4 Å². The Balaban J connectivity index is 1.64. The number of carbonyl (C=O) groups excluding carboxylic acids is 1. The number of hydrogen-bond acceptors (Lipinski definition) is 6. The first-order chi connectivity index (χ1) is 15.5. The molecule has 1 aromatic heterocycles. The molecule has 1 aliphatic carbocycles. The number of benzene rings is 1. The molecular weight excluding hydrogens is 451 g/mol. The van der Waals surface area contributed by atoms with Gasteiger partial charge in [-0.25, -0.2) is 14.8 Å². The maximum absolute atomic E-state index is 12.6. The highest BCUT2D eigenvalue weighted by Gasteiger charge is 2.31. The molecule has 0 saturated carbocycles. The largest absolute Gasteiger partial charge is 0.493 e. The van der Waals surface area contributed by atoms with Crippen molar-refractivity contribution >= 4 is 35.2 Å². The number of halogens is 2. The van der Waals surface area contributed by atoms with Gasteiger partial charge >= 0.3 is 6.03 Å². The van der Waals surface area contributed by atoms with Gasteiger partial charge in [-0.2, -0.15) is 5.26 Å². The molecule has 164 valence electrons. The number of allylic oxidation sites excluding steroid dienone is 3. The molecule has 10 heteroatoms. The third-order valence-electron chi connectivity index (χ3n) is 5.09. The van der Waals surface area contributed by atoms with Crippen molar-refractivity contribution < 1.29 is 9.53 Å². The Hall–Kier alpha value is -3.28. The van der Waals surface area contributed by atoms with Crippen molar-refractivity contribution in [3.63, 3.8) is 0 Å². The van der Waals surface area contributed by atoms with Gasteiger partial charge in [0.25, 0.3) is 0 Å². The molecule has 4 rings (SSSR count). The quantitative estimate of drug-likeness (QED) is 0.571. The minimum Gasteiger partial charge on any atom is -0.493 e. The second kappa shape index (κ2) is 9.47. The lowest BCUT2D eigenvalue weighted by atomic mass is 10.0. The van der Waals surface area contributed by atoms with Gasteiger partial charge in [-0.3, -0.25) is 0 Å². The number of ether oxygens (including phenoxy) is 1. The first-order valence-corrected chi connectivity index (χ1v) is 10.8. The summed E-state index contributed by atoms with van der Waals surface area (Å²) in [5, 5.41) is 12.3. The minimum atomic E-state index is -0.237. The molecule has 0 spiro atoms. The van der Waals surface area contributed by atoms with Gasteiger partial charge in [0.05, 0.1) is 47.7 Å². The fourth-order valence-corrected chi connectivity index (χ4v) is 4.05. The number of anilines is 1. The molecule has 0 unspecified atom stereocenters. The molecule has 0 atom stereocenters. The lowest BCUT2D eigenvalue weighted by Gasteiger charge is -2.18. The first-order valence-electron chi connectivity index (χ1n) is 10.0. The van der Waals surface area contributed by atoms with Gasteiger partial charge in [0.15, 0.2) is 0 Å². The summed E-state index contributed by atoms with van der Waals surface area (Å²) in [5.74, 6) is 0.545. The van der Waals surface area contributed by atoms with Crippen molar-refractivity contribution in [2.24, 2.45) is 0 Å². The van der Waals surface area contributed by atoms with Crippen LogP contribution in [-0.4, -0.2) is 27.5 Å². The Morgan fingerprint density at radius 3 is 2.81 bits per heavy atom. The van der Waals surface area contributed by atoms with Crippen molar-refractivity contribution in [2.75, 3.05) is 12.3 Å². The van der Waals surface area contributed by atoms with Crippen molar-refractivity contribution in [2.45, 2.75) is 32.4 Å². The fourth-order valence-electron chi connectivity index (χ4n) is 3.48. The number of nitrogen functional groups attached to an aromatic ring is 1. The molecule has 8 nitrogen and oxygen atoms in total. The van der Waals surface area contributed by atoms with E-state index in [1.807, 2.05) is 18.2 Å². The summed E-state index contributed by atoms with van der Waals surface area (Å²) in [6.45, 7) is 0.993. The predicted molar refractivity (Wildman–Crippen MR) is 122 cm³/mol. The second-order valence-electron chi connectivity index (χ2n) is 7.35. The topological polar surface area (TPSA) is 117 Å². The van der Waals surface area contributed by atoms with Crippen LogP contribution in [0.4, 0.5) is 10.7 Å².